The van der Waals surface area contributed by atoms with E-state index in [1.165, 1.54) is 14.2 Å². The van der Waals surface area contributed by atoms with Gasteiger partial charge in [0.1, 0.15) is 0 Å². The zero-order chi connectivity index (χ0) is 16.9. The van der Waals surface area contributed by atoms with Gasteiger partial charge in [-0.3, -0.25) is 0 Å². The van der Waals surface area contributed by atoms with Crippen molar-refractivity contribution in [1.29, 1.82) is 0 Å². The van der Waals surface area contributed by atoms with E-state index in [1.54, 1.807) is 6.08 Å². The van der Waals surface area contributed by atoms with Crippen LogP contribution in [0.15, 0.2) is 60.4 Å². The lowest BCUT2D eigenvalue weighted by atomic mass is 9.96. The molecule has 0 unspecified atom stereocenters. The second-order valence-electron chi connectivity index (χ2n) is 5.28. The first-order valence-corrected chi connectivity index (χ1v) is 7.57. The predicted octanol–water partition coefficient (Wildman–Crippen LogP) is 4.13. The van der Waals surface area contributed by atoms with Gasteiger partial charge in [0.25, 0.3) is 0 Å². The molecule has 122 valence electrons. The Bertz CT molecular complexity index is 858. The summed E-state index contributed by atoms with van der Waals surface area (Å²) >= 11 is 0. The normalized spacial score (nSPS) is 11.7. The van der Waals surface area contributed by atoms with Crippen LogP contribution in [0.3, 0.4) is 0 Å². The van der Waals surface area contributed by atoms with Gasteiger partial charge in [-0.1, -0.05) is 48.5 Å². The van der Waals surface area contributed by atoms with E-state index in [4.69, 9.17) is 14.2 Å². The average molecular weight is 322 g/mol. The van der Waals surface area contributed by atoms with Gasteiger partial charge in [0, 0.05) is 7.11 Å². The van der Waals surface area contributed by atoms with Crippen molar-refractivity contribution in [3.05, 3.63) is 65.9 Å². The molecule has 0 spiro atoms. The van der Waals surface area contributed by atoms with Crippen molar-refractivity contribution in [2.45, 2.75) is 0 Å². The highest BCUT2D eigenvalue weighted by Crippen LogP contribution is 2.30. The minimum absolute atomic E-state index is 0.0242. The molecule has 0 atom stereocenters. The van der Waals surface area contributed by atoms with E-state index in [9.17, 15) is 4.79 Å². The maximum absolute atomic E-state index is 12.0. The summed E-state index contributed by atoms with van der Waals surface area (Å²) in [6.45, 7) is -0.0242. The summed E-state index contributed by atoms with van der Waals surface area (Å²) in [5, 5.41) is 4.27. The topological polar surface area (TPSA) is 44.8 Å². The Balaban J connectivity index is 2.27. The number of methoxy groups -OCH3 is 2. The van der Waals surface area contributed by atoms with Crippen molar-refractivity contribution in [3.63, 3.8) is 0 Å². The Morgan fingerprint density at radius 1 is 0.958 bits per heavy atom. The van der Waals surface area contributed by atoms with E-state index in [-0.39, 0.29) is 12.6 Å². The number of esters is 1. The average Bonchev–Trinajstić information content (AvgIpc) is 2.63. The third-order valence-corrected chi connectivity index (χ3v) is 3.81. The Morgan fingerprint density at radius 3 is 2.08 bits per heavy atom. The van der Waals surface area contributed by atoms with Crippen LogP contribution < -0.4 is 0 Å². The number of hydrogen-bond acceptors (Lipinski definition) is 4. The highest BCUT2D eigenvalue weighted by atomic mass is 16.7. The summed E-state index contributed by atoms with van der Waals surface area (Å²) in [6, 6.07) is 18.2. The van der Waals surface area contributed by atoms with Crippen LogP contribution in [-0.4, -0.2) is 27.0 Å². The van der Waals surface area contributed by atoms with Crippen LogP contribution in [0.4, 0.5) is 0 Å². The summed E-state index contributed by atoms with van der Waals surface area (Å²) in [7, 11) is 2.83. The smallest absolute Gasteiger partial charge is 0.373 e. The number of carbonyl (C=O) groups excluding carboxylic acids is 1. The zero-order valence-electron chi connectivity index (χ0n) is 13.6. The molecule has 4 heteroatoms. The molecule has 0 amide bonds. The fourth-order valence-corrected chi connectivity index (χ4v) is 2.72. The van der Waals surface area contributed by atoms with E-state index in [2.05, 4.69) is 6.07 Å². The molecular formula is C20H18O4. The van der Waals surface area contributed by atoms with Crippen molar-refractivity contribution < 1.29 is 19.0 Å². The van der Waals surface area contributed by atoms with Gasteiger partial charge in [-0.15, -0.1) is 0 Å². The highest BCUT2D eigenvalue weighted by molar-refractivity contribution is 6.08. The molecule has 0 aromatic heterocycles. The first-order valence-electron chi connectivity index (χ1n) is 7.57. The van der Waals surface area contributed by atoms with Gasteiger partial charge < -0.3 is 14.2 Å². The molecule has 4 nitrogen and oxygen atoms in total. The quantitative estimate of drug-likeness (QED) is 0.233. The summed E-state index contributed by atoms with van der Waals surface area (Å²) < 4.78 is 15.1. The lowest BCUT2D eigenvalue weighted by Crippen LogP contribution is -2.09. The van der Waals surface area contributed by atoms with Gasteiger partial charge in [0.15, 0.2) is 6.79 Å². The van der Waals surface area contributed by atoms with E-state index < -0.39 is 5.97 Å². The van der Waals surface area contributed by atoms with E-state index in [0.29, 0.717) is 0 Å². The molecule has 0 aliphatic rings. The summed E-state index contributed by atoms with van der Waals surface area (Å²) in [5.74, 6) is -0.426. The number of hydrogen-bond donors (Lipinski definition) is 0. The standard InChI is InChI=1S/C20H18O4/c1-22-13-24-19(20(21)23-2)12-18-16-9-5-3-7-14(16)11-15-8-4-6-10-17(15)18/h3-12H,13H2,1-2H3/b19-12-. The van der Waals surface area contributed by atoms with Crippen LogP contribution in [0.25, 0.3) is 27.6 Å². The van der Waals surface area contributed by atoms with Crippen LogP contribution in [0.5, 0.6) is 0 Å². The summed E-state index contributed by atoms with van der Waals surface area (Å²) in [6.07, 6.45) is 1.72. The monoisotopic (exact) mass is 322 g/mol. The molecule has 0 aliphatic carbocycles. The van der Waals surface area contributed by atoms with Gasteiger partial charge in [-0.2, -0.15) is 0 Å². The van der Waals surface area contributed by atoms with Gasteiger partial charge in [0.05, 0.1) is 7.11 Å². The fraction of sp³-hybridized carbons (Fsp3) is 0.150. The minimum Gasteiger partial charge on any atom is -0.463 e. The third-order valence-electron chi connectivity index (χ3n) is 3.81. The molecular weight excluding hydrogens is 304 g/mol. The van der Waals surface area contributed by atoms with Crippen molar-refractivity contribution in [1.82, 2.24) is 0 Å². The molecule has 3 aromatic carbocycles. The number of rotatable bonds is 5. The number of benzene rings is 3. The molecule has 0 radical (unpaired) electrons. The van der Waals surface area contributed by atoms with Gasteiger partial charge >= 0.3 is 5.97 Å². The molecule has 3 rings (SSSR count). The predicted molar refractivity (Wildman–Crippen MR) is 94.4 cm³/mol. The van der Waals surface area contributed by atoms with Crippen molar-refractivity contribution in [3.8, 4) is 0 Å². The molecule has 0 aliphatic heterocycles. The third kappa shape index (κ3) is 3.09. The van der Waals surface area contributed by atoms with E-state index in [0.717, 1.165) is 27.1 Å². The fourth-order valence-electron chi connectivity index (χ4n) is 2.72. The van der Waals surface area contributed by atoms with Crippen LogP contribution in [-0.2, 0) is 19.0 Å². The number of fused-ring (bicyclic) bond motifs is 2. The molecule has 0 bridgehead atoms. The van der Waals surface area contributed by atoms with Crippen LogP contribution in [0.2, 0.25) is 0 Å². The van der Waals surface area contributed by atoms with Gasteiger partial charge in [-0.25, -0.2) is 4.79 Å². The van der Waals surface area contributed by atoms with Crippen molar-refractivity contribution in [2.75, 3.05) is 21.0 Å². The molecule has 24 heavy (non-hydrogen) atoms. The maximum Gasteiger partial charge on any atom is 0.373 e. The first kappa shape index (κ1) is 16.0. The lowest BCUT2D eigenvalue weighted by molar-refractivity contribution is -0.142. The lowest BCUT2D eigenvalue weighted by Gasteiger charge is -2.11. The van der Waals surface area contributed by atoms with Crippen molar-refractivity contribution in [2.24, 2.45) is 0 Å². The van der Waals surface area contributed by atoms with Crippen molar-refractivity contribution >= 4 is 33.6 Å². The maximum atomic E-state index is 12.0. The van der Waals surface area contributed by atoms with Crippen LogP contribution in [0.1, 0.15) is 5.56 Å². The highest BCUT2D eigenvalue weighted by Gasteiger charge is 2.14. The van der Waals surface area contributed by atoms with E-state index in [1.807, 2.05) is 48.5 Å². The molecule has 0 N–H and O–H groups in total. The second-order valence-corrected chi connectivity index (χ2v) is 5.28. The largest absolute Gasteiger partial charge is 0.463 e. The Hall–Kier alpha value is -2.85. The summed E-state index contributed by atoms with van der Waals surface area (Å²) in [4.78, 5) is 12.0. The number of ether oxygens (including phenoxy) is 3. The zero-order valence-corrected chi connectivity index (χ0v) is 13.6. The Kier molecular flexibility index (Phi) is 4.77. The SMILES string of the molecule is COCO/C(=C\c1c2ccccc2cc2ccccc12)C(=O)OC. The summed E-state index contributed by atoms with van der Waals surface area (Å²) in [5.41, 5.74) is 0.917. The Labute approximate surface area is 140 Å². The molecule has 0 saturated heterocycles. The molecule has 3 aromatic rings. The van der Waals surface area contributed by atoms with Crippen LogP contribution >= 0.6 is 0 Å². The molecule has 0 saturated carbocycles. The van der Waals surface area contributed by atoms with Crippen LogP contribution in [0, 0.1) is 0 Å². The number of carbonyl (C=O) groups is 1. The molecule has 0 heterocycles. The Morgan fingerprint density at radius 2 is 1.54 bits per heavy atom. The minimum atomic E-state index is -0.538. The first-order chi connectivity index (χ1) is 11.7. The second kappa shape index (κ2) is 7.15. The van der Waals surface area contributed by atoms with E-state index >= 15 is 0 Å². The molecule has 0 fully saturated rings. The van der Waals surface area contributed by atoms with Gasteiger partial charge in [-0.05, 0) is 39.3 Å². The van der Waals surface area contributed by atoms with Gasteiger partial charge in [0.2, 0.25) is 5.76 Å².